The summed E-state index contributed by atoms with van der Waals surface area (Å²) in [6.45, 7) is 0.233. The smallest absolute Gasteiger partial charge is 0.330 e. The third kappa shape index (κ3) is 4.13. The van der Waals surface area contributed by atoms with Crippen molar-refractivity contribution in [3.05, 3.63) is 40.4 Å². The molecule has 0 radical (unpaired) electrons. The maximum Gasteiger partial charge on any atom is 0.330 e. The minimum Gasteiger partial charge on any atom is -0.488 e. The average Bonchev–Trinajstić information content (AvgIpc) is 2.26. The molecule has 0 aliphatic carbocycles. The lowest BCUT2D eigenvalue weighted by Gasteiger charge is -2.05. The lowest BCUT2D eigenvalue weighted by atomic mass is 10.3. The molecule has 5 heteroatoms. The fourth-order valence-electron chi connectivity index (χ4n) is 0.943. The zero-order valence-corrected chi connectivity index (χ0v) is 10.1. The molecule has 0 N–H and O–H groups in total. The molecule has 0 heterocycles. The lowest BCUT2D eigenvalue weighted by Crippen LogP contribution is -1.98. The molecular weight excluding hydrogens is 251 g/mol. The van der Waals surface area contributed by atoms with E-state index in [0.717, 1.165) is 0 Å². The standard InChI is InChI=1S/C11H10Cl2O3/c1-15-11(14)3-2-6-16-10-5-4-8(12)7-9(10)13/h2-5,7H,6H2,1H3. The van der Waals surface area contributed by atoms with Crippen molar-refractivity contribution in [1.82, 2.24) is 0 Å². The predicted molar refractivity (Wildman–Crippen MR) is 63.1 cm³/mol. The highest BCUT2D eigenvalue weighted by Gasteiger charge is 2.00. The topological polar surface area (TPSA) is 35.5 Å². The molecule has 86 valence electrons. The molecular formula is C11H10Cl2O3. The van der Waals surface area contributed by atoms with E-state index in [9.17, 15) is 4.79 Å². The molecule has 0 spiro atoms. The Kier molecular flexibility index (Phi) is 5.15. The van der Waals surface area contributed by atoms with Gasteiger partial charge in [-0.1, -0.05) is 23.2 Å². The summed E-state index contributed by atoms with van der Waals surface area (Å²) in [6.07, 6.45) is 2.82. The SMILES string of the molecule is COC(=O)C=CCOc1ccc(Cl)cc1Cl. The Bertz CT molecular complexity index is 402. The monoisotopic (exact) mass is 260 g/mol. The van der Waals surface area contributed by atoms with Crippen molar-refractivity contribution in [3.63, 3.8) is 0 Å². The third-order valence-corrected chi connectivity index (χ3v) is 2.21. The molecule has 1 aromatic rings. The van der Waals surface area contributed by atoms with E-state index in [2.05, 4.69) is 4.74 Å². The number of carbonyl (C=O) groups is 1. The van der Waals surface area contributed by atoms with Gasteiger partial charge in [-0.25, -0.2) is 4.79 Å². The van der Waals surface area contributed by atoms with Crippen molar-refractivity contribution < 1.29 is 14.3 Å². The largest absolute Gasteiger partial charge is 0.488 e. The van der Waals surface area contributed by atoms with Crippen LogP contribution in [0.3, 0.4) is 0 Å². The first-order valence-electron chi connectivity index (χ1n) is 4.46. The Morgan fingerprint density at radius 1 is 1.44 bits per heavy atom. The Morgan fingerprint density at radius 3 is 2.81 bits per heavy atom. The first kappa shape index (κ1) is 12.9. The molecule has 1 rings (SSSR count). The number of halogens is 2. The van der Waals surface area contributed by atoms with Gasteiger partial charge in [0.1, 0.15) is 12.4 Å². The Labute approximate surface area is 104 Å². The van der Waals surface area contributed by atoms with Crippen molar-refractivity contribution in [2.75, 3.05) is 13.7 Å². The second-order valence-corrected chi connectivity index (χ2v) is 3.65. The van der Waals surface area contributed by atoms with Gasteiger partial charge < -0.3 is 9.47 Å². The Balaban J connectivity index is 2.49. The van der Waals surface area contributed by atoms with Crippen molar-refractivity contribution >= 4 is 29.2 Å². The highest BCUT2D eigenvalue weighted by molar-refractivity contribution is 6.35. The van der Waals surface area contributed by atoms with E-state index < -0.39 is 5.97 Å². The molecule has 0 aromatic heterocycles. The van der Waals surface area contributed by atoms with E-state index in [4.69, 9.17) is 27.9 Å². The summed E-state index contributed by atoms with van der Waals surface area (Å²) in [7, 11) is 1.31. The van der Waals surface area contributed by atoms with Crippen molar-refractivity contribution in [2.45, 2.75) is 0 Å². The Hall–Kier alpha value is -1.19. The van der Waals surface area contributed by atoms with Gasteiger partial charge in [0.05, 0.1) is 12.1 Å². The summed E-state index contributed by atoms with van der Waals surface area (Å²) < 4.78 is 9.72. The maximum atomic E-state index is 10.7. The molecule has 1 aromatic carbocycles. The molecule has 0 saturated heterocycles. The van der Waals surface area contributed by atoms with E-state index in [1.807, 2.05) is 0 Å². The fraction of sp³-hybridized carbons (Fsp3) is 0.182. The van der Waals surface area contributed by atoms with Crippen LogP contribution in [-0.4, -0.2) is 19.7 Å². The van der Waals surface area contributed by atoms with Crippen LogP contribution in [0.5, 0.6) is 5.75 Å². The van der Waals surface area contributed by atoms with Crippen LogP contribution in [0.15, 0.2) is 30.4 Å². The Morgan fingerprint density at radius 2 is 2.19 bits per heavy atom. The maximum absolute atomic E-state index is 10.7. The molecule has 0 aliphatic heterocycles. The van der Waals surface area contributed by atoms with Gasteiger partial charge in [0, 0.05) is 11.1 Å². The second-order valence-electron chi connectivity index (χ2n) is 2.81. The van der Waals surface area contributed by atoms with Crippen LogP contribution in [-0.2, 0) is 9.53 Å². The van der Waals surface area contributed by atoms with E-state index in [-0.39, 0.29) is 6.61 Å². The van der Waals surface area contributed by atoms with E-state index >= 15 is 0 Å². The molecule has 0 amide bonds. The van der Waals surface area contributed by atoms with Gasteiger partial charge in [-0.05, 0) is 24.3 Å². The summed E-state index contributed by atoms with van der Waals surface area (Å²) in [5.74, 6) is 0.0892. The van der Waals surface area contributed by atoms with Gasteiger partial charge in [-0.2, -0.15) is 0 Å². The summed E-state index contributed by atoms with van der Waals surface area (Å²) in [5, 5.41) is 0.974. The lowest BCUT2D eigenvalue weighted by molar-refractivity contribution is -0.134. The summed E-state index contributed by atoms with van der Waals surface area (Å²) >= 11 is 11.6. The van der Waals surface area contributed by atoms with Crippen LogP contribution in [0.2, 0.25) is 10.0 Å². The molecule has 0 atom stereocenters. The van der Waals surface area contributed by atoms with Crippen molar-refractivity contribution in [2.24, 2.45) is 0 Å². The number of hydrogen-bond acceptors (Lipinski definition) is 3. The van der Waals surface area contributed by atoms with Gasteiger partial charge >= 0.3 is 5.97 Å². The van der Waals surface area contributed by atoms with Gasteiger partial charge in [0.25, 0.3) is 0 Å². The first-order chi connectivity index (χ1) is 7.63. The van der Waals surface area contributed by atoms with Crippen LogP contribution in [0, 0.1) is 0 Å². The summed E-state index contributed by atoms with van der Waals surface area (Å²) in [6, 6.07) is 4.92. The number of esters is 1. The van der Waals surface area contributed by atoms with E-state index in [0.29, 0.717) is 15.8 Å². The van der Waals surface area contributed by atoms with E-state index in [1.54, 1.807) is 18.2 Å². The molecule has 3 nitrogen and oxygen atoms in total. The molecule has 0 aliphatic rings. The van der Waals surface area contributed by atoms with Crippen molar-refractivity contribution in [1.29, 1.82) is 0 Å². The molecule has 16 heavy (non-hydrogen) atoms. The highest BCUT2D eigenvalue weighted by Crippen LogP contribution is 2.27. The summed E-state index contributed by atoms with van der Waals surface area (Å²) in [5.41, 5.74) is 0. The minimum atomic E-state index is -0.425. The number of ether oxygens (including phenoxy) is 2. The zero-order chi connectivity index (χ0) is 12.0. The number of carbonyl (C=O) groups excluding carboxylic acids is 1. The summed E-state index contributed by atoms with van der Waals surface area (Å²) in [4.78, 5) is 10.7. The molecule has 0 fully saturated rings. The molecule has 0 bridgehead atoms. The van der Waals surface area contributed by atoms with E-state index in [1.165, 1.54) is 19.3 Å². The third-order valence-electron chi connectivity index (χ3n) is 1.68. The van der Waals surface area contributed by atoms with Crippen LogP contribution < -0.4 is 4.74 Å². The van der Waals surface area contributed by atoms with Crippen LogP contribution in [0.4, 0.5) is 0 Å². The number of benzene rings is 1. The van der Waals surface area contributed by atoms with Gasteiger partial charge in [0.15, 0.2) is 0 Å². The van der Waals surface area contributed by atoms with Gasteiger partial charge in [-0.3, -0.25) is 0 Å². The minimum absolute atomic E-state index is 0.233. The predicted octanol–water partition coefficient (Wildman–Crippen LogP) is 3.10. The van der Waals surface area contributed by atoms with Crippen LogP contribution >= 0.6 is 23.2 Å². The number of rotatable bonds is 4. The van der Waals surface area contributed by atoms with Crippen LogP contribution in [0.25, 0.3) is 0 Å². The highest BCUT2D eigenvalue weighted by atomic mass is 35.5. The average molecular weight is 261 g/mol. The molecule has 0 unspecified atom stereocenters. The number of methoxy groups -OCH3 is 1. The number of hydrogen-bond donors (Lipinski definition) is 0. The van der Waals surface area contributed by atoms with Crippen molar-refractivity contribution in [3.8, 4) is 5.75 Å². The normalized spacial score (nSPS) is 10.4. The quantitative estimate of drug-likeness (QED) is 0.617. The zero-order valence-electron chi connectivity index (χ0n) is 8.57. The first-order valence-corrected chi connectivity index (χ1v) is 5.21. The molecule has 0 saturated carbocycles. The van der Waals surface area contributed by atoms with Gasteiger partial charge in [0.2, 0.25) is 0 Å². The fourth-order valence-corrected chi connectivity index (χ4v) is 1.41. The van der Waals surface area contributed by atoms with Crippen LogP contribution in [0.1, 0.15) is 0 Å². The second kappa shape index (κ2) is 6.40. The van der Waals surface area contributed by atoms with Gasteiger partial charge in [-0.15, -0.1) is 0 Å².